The molecule has 0 heterocycles. The average molecular weight is 295 g/mol. The molecule has 0 nitrogen and oxygen atoms in total. The van der Waals surface area contributed by atoms with E-state index >= 15 is 0 Å². The third kappa shape index (κ3) is 5.13. The van der Waals surface area contributed by atoms with Crippen molar-refractivity contribution in [2.45, 2.75) is 18.7 Å². The fourth-order valence-corrected chi connectivity index (χ4v) is 3.90. The zero-order chi connectivity index (χ0) is 15.5. The topological polar surface area (TPSA) is 0 Å². The molecule has 0 N–H and O–H groups in total. The molecular formula is C20H23S+. The van der Waals surface area contributed by atoms with Gasteiger partial charge in [0.2, 0.25) is 0 Å². The Morgan fingerprint density at radius 1 is 1.00 bits per heavy atom. The van der Waals surface area contributed by atoms with Gasteiger partial charge in [0.25, 0.3) is 0 Å². The number of hydrogen-bond acceptors (Lipinski definition) is 0. The van der Waals surface area contributed by atoms with E-state index in [2.05, 4.69) is 68.7 Å². The van der Waals surface area contributed by atoms with Crippen LogP contribution in [0, 0.1) is 0 Å². The van der Waals surface area contributed by atoms with Gasteiger partial charge < -0.3 is 0 Å². The predicted molar refractivity (Wildman–Crippen MR) is 98.3 cm³/mol. The summed E-state index contributed by atoms with van der Waals surface area (Å²) in [5.41, 5.74) is 0. The Morgan fingerprint density at radius 3 is 2.24 bits per heavy atom. The van der Waals surface area contributed by atoms with Crippen molar-refractivity contribution >= 4 is 10.9 Å². The minimum atomic E-state index is -0.148. The molecule has 0 saturated heterocycles. The quantitative estimate of drug-likeness (QED) is 0.430. The van der Waals surface area contributed by atoms with Crippen molar-refractivity contribution in [3.63, 3.8) is 0 Å². The molecule has 1 rings (SSSR count). The van der Waals surface area contributed by atoms with Gasteiger partial charge >= 0.3 is 0 Å². The van der Waals surface area contributed by atoms with Crippen molar-refractivity contribution in [3.8, 4) is 0 Å². The van der Waals surface area contributed by atoms with Crippen LogP contribution < -0.4 is 0 Å². The SMILES string of the molecule is C=C/C=C\C(=C/C)[S+](/C(C=C)=C/C=C\C)c1ccccc1. The Kier molecular flexibility index (Phi) is 8.00. The second-order valence-corrected chi connectivity index (χ2v) is 6.23. The molecule has 0 amide bonds. The molecular weight excluding hydrogens is 272 g/mol. The molecule has 0 saturated carbocycles. The highest BCUT2D eigenvalue weighted by Gasteiger charge is 2.29. The van der Waals surface area contributed by atoms with Gasteiger partial charge in [0.1, 0.15) is 0 Å². The Labute approximate surface area is 131 Å². The van der Waals surface area contributed by atoms with Crippen LogP contribution >= 0.6 is 0 Å². The van der Waals surface area contributed by atoms with Crippen LogP contribution in [0.1, 0.15) is 13.8 Å². The lowest BCUT2D eigenvalue weighted by Gasteiger charge is -2.08. The summed E-state index contributed by atoms with van der Waals surface area (Å²) in [6.07, 6.45) is 16.2. The fourth-order valence-electron chi connectivity index (χ4n) is 1.82. The van der Waals surface area contributed by atoms with Crippen molar-refractivity contribution in [2.75, 3.05) is 0 Å². The molecule has 0 radical (unpaired) electrons. The first-order chi connectivity index (χ1) is 10.3. The Morgan fingerprint density at radius 2 is 1.71 bits per heavy atom. The minimum Gasteiger partial charge on any atom is -0.0991 e. The Hall–Kier alpha value is -1.99. The van der Waals surface area contributed by atoms with Crippen molar-refractivity contribution in [1.82, 2.24) is 0 Å². The van der Waals surface area contributed by atoms with Crippen LogP contribution in [-0.2, 0) is 10.9 Å². The zero-order valence-corrected chi connectivity index (χ0v) is 13.6. The van der Waals surface area contributed by atoms with Gasteiger partial charge in [-0.25, -0.2) is 0 Å². The van der Waals surface area contributed by atoms with Crippen LogP contribution in [0.4, 0.5) is 0 Å². The molecule has 0 aliphatic heterocycles. The monoisotopic (exact) mass is 295 g/mol. The van der Waals surface area contributed by atoms with E-state index in [0.29, 0.717) is 0 Å². The maximum atomic E-state index is 3.99. The van der Waals surface area contributed by atoms with Gasteiger partial charge in [-0.05, 0) is 50.3 Å². The average Bonchev–Trinajstić information content (AvgIpc) is 2.54. The molecule has 0 spiro atoms. The van der Waals surface area contributed by atoms with Gasteiger partial charge in [-0.15, -0.1) is 0 Å². The van der Waals surface area contributed by atoms with Gasteiger partial charge in [0.05, 0.1) is 10.9 Å². The first-order valence-corrected chi connectivity index (χ1v) is 8.21. The lowest BCUT2D eigenvalue weighted by Crippen LogP contribution is -2.06. The van der Waals surface area contributed by atoms with Crippen molar-refractivity contribution < 1.29 is 0 Å². The maximum absolute atomic E-state index is 3.99. The summed E-state index contributed by atoms with van der Waals surface area (Å²) in [5, 5.41) is 0. The van der Waals surface area contributed by atoms with Crippen LogP contribution in [-0.4, -0.2) is 0 Å². The molecule has 0 aliphatic rings. The van der Waals surface area contributed by atoms with Crippen molar-refractivity contribution in [1.29, 1.82) is 0 Å². The molecule has 0 aromatic heterocycles. The summed E-state index contributed by atoms with van der Waals surface area (Å²) < 4.78 is 0. The second-order valence-electron chi connectivity index (χ2n) is 4.20. The van der Waals surface area contributed by atoms with Crippen molar-refractivity contribution in [2.24, 2.45) is 0 Å². The van der Waals surface area contributed by atoms with Gasteiger partial charge in [-0.2, -0.15) is 0 Å². The summed E-state index contributed by atoms with van der Waals surface area (Å²) in [6.45, 7) is 11.8. The van der Waals surface area contributed by atoms with E-state index in [4.69, 9.17) is 0 Å². The summed E-state index contributed by atoms with van der Waals surface area (Å²) >= 11 is 0. The van der Waals surface area contributed by atoms with Gasteiger partial charge in [0.15, 0.2) is 14.7 Å². The minimum absolute atomic E-state index is 0.148. The molecule has 1 heteroatoms. The van der Waals surface area contributed by atoms with Gasteiger partial charge in [-0.1, -0.05) is 55.7 Å². The third-order valence-corrected chi connectivity index (χ3v) is 5.15. The zero-order valence-electron chi connectivity index (χ0n) is 12.8. The molecule has 1 aromatic rings. The maximum Gasteiger partial charge on any atom is 0.166 e. The van der Waals surface area contributed by atoms with Gasteiger partial charge in [0, 0.05) is 0 Å². The molecule has 1 unspecified atom stereocenters. The van der Waals surface area contributed by atoms with Crippen LogP contribution in [0.2, 0.25) is 0 Å². The number of hydrogen-bond donors (Lipinski definition) is 0. The molecule has 21 heavy (non-hydrogen) atoms. The molecule has 0 bridgehead atoms. The first kappa shape index (κ1) is 17.1. The summed E-state index contributed by atoms with van der Waals surface area (Å²) in [7, 11) is -0.148. The number of benzene rings is 1. The Bertz CT molecular complexity index is 571. The number of rotatable bonds is 7. The lowest BCUT2D eigenvalue weighted by atomic mass is 10.4. The second kappa shape index (κ2) is 9.84. The van der Waals surface area contributed by atoms with E-state index in [1.165, 1.54) is 14.7 Å². The van der Waals surface area contributed by atoms with Crippen molar-refractivity contribution in [3.05, 3.63) is 102 Å². The van der Waals surface area contributed by atoms with Gasteiger partial charge in [-0.3, -0.25) is 0 Å². The molecule has 0 fully saturated rings. The van der Waals surface area contributed by atoms with E-state index in [-0.39, 0.29) is 10.9 Å². The first-order valence-electron chi connectivity index (χ1n) is 6.98. The largest absolute Gasteiger partial charge is 0.166 e. The van der Waals surface area contributed by atoms with E-state index in [0.717, 1.165) is 0 Å². The standard InChI is InChI=1S/C20H23S/c1-5-9-14-18(7-3)21(19(8-4)15-10-6-2)20-16-12-11-13-17-20/h5-17H,1,4H2,2-3H3/q+1/b10-6-,14-9-,18-7+,19-15+. The fraction of sp³-hybridized carbons (Fsp3) is 0.100. The highest BCUT2D eigenvalue weighted by atomic mass is 32.2. The van der Waals surface area contributed by atoms with E-state index in [9.17, 15) is 0 Å². The van der Waals surface area contributed by atoms with Crippen LogP contribution in [0.5, 0.6) is 0 Å². The van der Waals surface area contributed by atoms with E-state index in [1.807, 2.05) is 31.2 Å². The number of allylic oxidation sites excluding steroid dienone is 8. The van der Waals surface area contributed by atoms with Crippen LogP contribution in [0.15, 0.2) is 107 Å². The summed E-state index contributed by atoms with van der Waals surface area (Å²) in [4.78, 5) is 3.76. The van der Waals surface area contributed by atoms with Crippen LogP contribution in [0.3, 0.4) is 0 Å². The summed E-state index contributed by atoms with van der Waals surface area (Å²) in [6, 6.07) is 10.5. The molecule has 0 aliphatic carbocycles. The highest BCUT2D eigenvalue weighted by molar-refractivity contribution is 8.04. The van der Waals surface area contributed by atoms with Crippen LogP contribution in [0.25, 0.3) is 0 Å². The Balaban J connectivity index is 3.38. The van der Waals surface area contributed by atoms with E-state index < -0.39 is 0 Å². The third-order valence-electron chi connectivity index (χ3n) is 2.79. The lowest BCUT2D eigenvalue weighted by molar-refractivity contribution is 1.45. The van der Waals surface area contributed by atoms with E-state index in [1.54, 1.807) is 6.08 Å². The smallest absolute Gasteiger partial charge is 0.0991 e. The highest BCUT2D eigenvalue weighted by Crippen LogP contribution is 2.30. The normalized spacial score (nSPS) is 14.6. The molecule has 1 aromatic carbocycles. The predicted octanol–water partition coefficient (Wildman–Crippen LogP) is 5.96. The summed E-state index contributed by atoms with van der Waals surface area (Å²) in [5.74, 6) is 0. The molecule has 108 valence electrons. The molecule has 1 atom stereocenters.